The molecule has 0 aromatic heterocycles. The van der Waals surface area contributed by atoms with Crippen molar-refractivity contribution in [3.05, 3.63) is 68.3 Å². The molecular formula is C19H21BrClN3O. The lowest BCUT2D eigenvalue weighted by Crippen LogP contribution is -2.10. The molecule has 0 spiro atoms. The standard InChI is InChI=1S/C19H21BrClN3O/c1-11-9-13(18(23)12(2)19(21)24-3)7-8-17(11)25-10-14-15(20)5-4-6-16(14)22/h4-9,23-24H,10,22H2,1-3H3/b19-12-,23-18?. The molecule has 0 unspecified atom stereocenters. The van der Waals surface area contributed by atoms with Gasteiger partial charge in [-0.05, 0) is 49.7 Å². The van der Waals surface area contributed by atoms with Gasteiger partial charge in [0.25, 0.3) is 0 Å². The molecule has 0 saturated heterocycles. The number of rotatable bonds is 6. The van der Waals surface area contributed by atoms with Gasteiger partial charge in [0.15, 0.2) is 0 Å². The van der Waals surface area contributed by atoms with Crippen molar-refractivity contribution in [3.63, 3.8) is 0 Å². The molecule has 2 aromatic carbocycles. The van der Waals surface area contributed by atoms with Gasteiger partial charge in [-0.3, -0.25) is 5.41 Å². The second-order valence-electron chi connectivity index (χ2n) is 5.64. The van der Waals surface area contributed by atoms with E-state index in [9.17, 15) is 0 Å². The number of benzene rings is 2. The second-order valence-corrected chi connectivity index (χ2v) is 6.87. The molecular weight excluding hydrogens is 402 g/mol. The van der Waals surface area contributed by atoms with Crippen molar-refractivity contribution in [1.82, 2.24) is 5.32 Å². The predicted octanol–water partition coefficient (Wildman–Crippen LogP) is 4.98. The van der Waals surface area contributed by atoms with Crippen LogP contribution in [-0.2, 0) is 6.61 Å². The van der Waals surface area contributed by atoms with Gasteiger partial charge in [-0.2, -0.15) is 0 Å². The van der Waals surface area contributed by atoms with Crippen molar-refractivity contribution >= 4 is 38.9 Å². The van der Waals surface area contributed by atoms with Gasteiger partial charge in [0.05, 0.1) is 5.71 Å². The number of nitrogens with one attached hydrogen (secondary N) is 2. The normalized spacial score (nSPS) is 11.7. The van der Waals surface area contributed by atoms with Crippen molar-refractivity contribution in [2.45, 2.75) is 20.5 Å². The predicted molar refractivity (Wildman–Crippen MR) is 109 cm³/mol. The first-order valence-corrected chi connectivity index (χ1v) is 8.92. The van der Waals surface area contributed by atoms with Gasteiger partial charge in [-0.15, -0.1) is 0 Å². The molecule has 0 fully saturated rings. The maximum absolute atomic E-state index is 8.28. The molecule has 0 radical (unpaired) electrons. The van der Waals surface area contributed by atoms with Gasteiger partial charge in [0.1, 0.15) is 17.5 Å². The Morgan fingerprint density at radius 3 is 2.64 bits per heavy atom. The zero-order chi connectivity index (χ0) is 18.6. The van der Waals surface area contributed by atoms with Crippen LogP contribution in [0.15, 0.2) is 51.6 Å². The summed E-state index contributed by atoms with van der Waals surface area (Å²) in [5, 5.41) is 11.6. The van der Waals surface area contributed by atoms with Crippen LogP contribution in [0.1, 0.15) is 23.6 Å². The lowest BCUT2D eigenvalue weighted by molar-refractivity contribution is 0.304. The van der Waals surface area contributed by atoms with Gasteiger partial charge in [-0.25, -0.2) is 0 Å². The van der Waals surface area contributed by atoms with E-state index in [1.54, 1.807) is 7.05 Å². The first-order valence-electron chi connectivity index (χ1n) is 7.75. The van der Waals surface area contributed by atoms with Crippen LogP contribution in [0.5, 0.6) is 5.75 Å². The Hall–Kier alpha value is -1.98. The Morgan fingerprint density at radius 1 is 1.32 bits per heavy atom. The number of nitrogen functional groups attached to an aromatic ring is 1. The highest BCUT2D eigenvalue weighted by atomic mass is 79.9. The number of ether oxygens (including phenoxy) is 1. The summed E-state index contributed by atoms with van der Waals surface area (Å²) in [7, 11) is 1.73. The molecule has 0 amide bonds. The maximum atomic E-state index is 8.28. The Kier molecular flexibility index (Phi) is 6.51. The van der Waals surface area contributed by atoms with Crippen molar-refractivity contribution in [1.29, 1.82) is 5.41 Å². The number of hydrogen-bond acceptors (Lipinski definition) is 4. The third-order valence-electron chi connectivity index (χ3n) is 3.91. The Labute approximate surface area is 161 Å². The average molecular weight is 423 g/mol. The third kappa shape index (κ3) is 4.55. The number of hydrogen-bond donors (Lipinski definition) is 3. The molecule has 4 nitrogen and oxygen atoms in total. The highest BCUT2D eigenvalue weighted by Crippen LogP contribution is 2.27. The van der Waals surface area contributed by atoms with Crippen LogP contribution >= 0.6 is 27.5 Å². The first-order chi connectivity index (χ1) is 11.8. The Morgan fingerprint density at radius 2 is 2.04 bits per heavy atom. The average Bonchev–Trinajstić information content (AvgIpc) is 2.60. The summed E-state index contributed by atoms with van der Waals surface area (Å²) in [6, 6.07) is 11.3. The molecule has 4 N–H and O–H groups in total. The quantitative estimate of drug-likeness (QED) is 0.349. The Balaban J connectivity index is 2.19. The number of aryl methyl sites for hydroxylation is 1. The van der Waals surface area contributed by atoms with Crippen LogP contribution in [0.3, 0.4) is 0 Å². The SMILES string of the molecule is CN/C(Cl)=C(/C)C(=N)c1ccc(OCc2c(N)cccc2Br)c(C)c1. The molecule has 0 atom stereocenters. The lowest BCUT2D eigenvalue weighted by Gasteiger charge is -2.14. The lowest BCUT2D eigenvalue weighted by atomic mass is 10.0. The van der Waals surface area contributed by atoms with E-state index >= 15 is 0 Å². The molecule has 0 aliphatic rings. The summed E-state index contributed by atoms with van der Waals surface area (Å²) in [4.78, 5) is 0. The van der Waals surface area contributed by atoms with Crippen LogP contribution in [-0.4, -0.2) is 12.8 Å². The van der Waals surface area contributed by atoms with Crippen molar-refractivity contribution in [2.24, 2.45) is 0 Å². The zero-order valence-electron chi connectivity index (χ0n) is 14.4. The van der Waals surface area contributed by atoms with Crippen molar-refractivity contribution in [3.8, 4) is 5.75 Å². The summed E-state index contributed by atoms with van der Waals surface area (Å²) in [5.41, 5.74) is 10.4. The minimum atomic E-state index is 0.370. The Bertz CT molecular complexity index is 813. The van der Waals surface area contributed by atoms with E-state index < -0.39 is 0 Å². The molecule has 0 aliphatic carbocycles. The second kappa shape index (κ2) is 8.41. The van der Waals surface area contributed by atoms with Gasteiger partial charge < -0.3 is 15.8 Å². The summed E-state index contributed by atoms with van der Waals surface area (Å²) >= 11 is 9.56. The van der Waals surface area contributed by atoms with Gasteiger partial charge in [0.2, 0.25) is 0 Å². The molecule has 6 heteroatoms. The van der Waals surface area contributed by atoms with Crippen LogP contribution in [0.4, 0.5) is 5.69 Å². The van der Waals surface area contributed by atoms with E-state index in [4.69, 9.17) is 27.5 Å². The molecule has 2 aromatic rings. The number of nitrogens with two attached hydrogens (primary N) is 1. The van der Waals surface area contributed by atoms with Gasteiger partial charge in [0, 0.05) is 33.9 Å². The largest absolute Gasteiger partial charge is 0.489 e. The highest BCUT2D eigenvalue weighted by Gasteiger charge is 2.11. The van der Waals surface area contributed by atoms with Crippen LogP contribution < -0.4 is 15.8 Å². The molecule has 0 bridgehead atoms. The van der Waals surface area contributed by atoms with E-state index in [1.165, 1.54) is 0 Å². The minimum absolute atomic E-state index is 0.370. The molecule has 0 heterocycles. The number of halogens is 2. The van der Waals surface area contributed by atoms with Crippen molar-refractivity contribution in [2.75, 3.05) is 12.8 Å². The summed E-state index contributed by atoms with van der Waals surface area (Å²) in [6.07, 6.45) is 0. The fraction of sp³-hybridized carbons (Fsp3) is 0.211. The number of allylic oxidation sites excluding steroid dienone is 1. The monoisotopic (exact) mass is 421 g/mol. The van der Waals surface area contributed by atoms with E-state index in [0.29, 0.717) is 28.7 Å². The van der Waals surface area contributed by atoms with Crippen LogP contribution in [0.2, 0.25) is 0 Å². The van der Waals surface area contributed by atoms with Gasteiger partial charge in [-0.1, -0.05) is 33.6 Å². The van der Waals surface area contributed by atoms with E-state index in [0.717, 1.165) is 26.9 Å². The van der Waals surface area contributed by atoms with E-state index in [2.05, 4.69) is 21.2 Å². The smallest absolute Gasteiger partial charge is 0.122 e. The topological polar surface area (TPSA) is 71.1 Å². The van der Waals surface area contributed by atoms with Crippen LogP contribution in [0.25, 0.3) is 0 Å². The fourth-order valence-corrected chi connectivity index (χ4v) is 2.95. The summed E-state index contributed by atoms with van der Waals surface area (Å²) in [5.74, 6) is 0.757. The molecule has 132 valence electrons. The van der Waals surface area contributed by atoms with E-state index in [-0.39, 0.29) is 0 Å². The zero-order valence-corrected chi connectivity index (χ0v) is 16.8. The maximum Gasteiger partial charge on any atom is 0.122 e. The highest BCUT2D eigenvalue weighted by molar-refractivity contribution is 9.10. The van der Waals surface area contributed by atoms with E-state index in [1.807, 2.05) is 50.2 Å². The summed E-state index contributed by atoms with van der Waals surface area (Å²) < 4.78 is 6.84. The molecule has 0 aliphatic heterocycles. The number of anilines is 1. The fourth-order valence-electron chi connectivity index (χ4n) is 2.36. The van der Waals surface area contributed by atoms with Crippen LogP contribution in [0, 0.1) is 12.3 Å². The first kappa shape index (κ1) is 19.3. The van der Waals surface area contributed by atoms with Gasteiger partial charge >= 0.3 is 0 Å². The molecule has 2 rings (SSSR count). The van der Waals surface area contributed by atoms with Crippen molar-refractivity contribution < 1.29 is 4.74 Å². The minimum Gasteiger partial charge on any atom is -0.489 e. The third-order valence-corrected chi connectivity index (χ3v) is 5.13. The molecule has 25 heavy (non-hydrogen) atoms. The summed E-state index contributed by atoms with van der Waals surface area (Å²) in [6.45, 7) is 4.14. The molecule has 0 saturated carbocycles.